The molecule has 0 bridgehead atoms. The number of rotatable bonds is 7. The Morgan fingerprint density at radius 2 is 2.38 bits per heavy atom. The van der Waals surface area contributed by atoms with Crippen LogP contribution in [-0.2, 0) is 11.5 Å². The van der Waals surface area contributed by atoms with Gasteiger partial charge in [0.1, 0.15) is 6.73 Å². The summed E-state index contributed by atoms with van der Waals surface area (Å²) in [4.78, 5) is 0. The van der Waals surface area contributed by atoms with E-state index in [9.17, 15) is 0 Å². The maximum absolute atomic E-state index is 5.65. The van der Waals surface area contributed by atoms with Crippen LogP contribution in [0.15, 0.2) is 18.5 Å². The monoisotopic (exact) mass is 222 g/mol. The van der Waals surface area contributed by atoms with Gasteiger partial charge < -0.3 is 14.6 Å². The molecule has 3 nitrogen and oxygen atoms in total. The number of ether oxygens (including phenoxy) is 1. The summed E-state index contributed by atoms with van der Waals surface area (Å²) in [5.74, 6) is 0.843. The van der Waals surface area contributed by atoms with E-state index in [1.54, 1.807) is 0 Å². The van der Waals surface area contributed by atoms with Crippen LogP contribution in [0.1, 0.15) is 37.8 Å². The maximum atomic E-state index is 5.65. The molecule has 1 aliphatic carbocycles. The SMILES string of the molecule is CCC(NC)c1ccn(COCC2CC2)c1. The number of aromatic nitrogens is 1. The molecule has 90 valence electrons. The summed E-state index contributed by atoms with van der Waals surface area (Å²) in [6.45, 7) is 3.81. The van der Waals surface area contributed by atoms with Gasteiger partial charge in [0.2, 0.25) is 0 Å². The Labute approximate surface area is 97.8 Å². The summed E-state index contributed by atoms with van der Waals surface area (Å²) >= 11 is 0. The molecule has 1 aliphatic rings. The minimum Gasteiger partial charge on any atom is -0.361 e. The normalized spacial score (nSPS) is 17.6. The van der Waals surface area contributed by atoms with E-state index in [1.807, 2.05) is 7.05 Å². The van der Waals surface area contributed by atoms with Crippen LogP contribution in [0.5, 0.6) is 0 Å². The van der Waals surface area contributed by atoms with Crippen molar-refractivity contribution < 1.29 is 4.74 Å². The van der Waals surface area contributed by atoms with E-state index in [4.69, 9.17) is 4.74 Å². The van der Waals surface area contributed by atoms with Crippen molar-refractivity contribution in [3.63, 3.8) is 0 Å². The Hall–Kier alpha value is -0.800. The zero-order chi connectivity index (χ0) is 11.4. The van der Waals surface area contributed by atoms with Crippen LogP contribution in [0.4, 0.5) is 0 Å². The lowest BCUT2D eigenvalue weighted by Crippen LogP contribution is -2.14. The molecule has 1 unspecified atom stereocenters. The second-order valence-electron chi connectivity index (χ2n) is 4.65. The third-order valence-corrected chi connectivity index (χ3v) is 3.22. The average molecular weight is 222 g/mol. The van der Waals surface area contributed by atoms with Gasteiger partial charge in [-0.05, 0) is 43.9 Å². The van der Waals surface area contributed by atoms with Crippen molar-refractivity contribution in [1.82, 2.24) is 9.88 Å². The molecule has 0 spiro atoms. The summed E-state index contributed by atoms with van der Waals surface area (Å²) in [6, 6.07) is 2.63. The van der Waals surface area contributed by atoms with Gasteiger partial charge >= 0.3 is 0 Å². The number of nitrogens with one attached hydrogen (secondary N) is 1. The van der Waals surface area contributed by atoms with E-state index in [0.29, 0.717) is 12.8 Å². The molecular formula is C13H22N2O. The fraction of sp³-hybridized carbons (Fsp3) is 0.692. The summed E-state index contributed by atoms with van der Waals surface area (Å²) in [6.07, 6.45) is 8.10. The highest BCUT2D eigenvalue weighted by molar-refractivity contribution is 5.14. The van der Waals surface area contributed by atoms with Crippen LogP contribution in [-0.4, -0.2) is 18.2 Å². The smallest absolute Gasteiger partial charge is 0.122 e. The topological polar surface area (TPSA) is 26.2 Å². The largest absolute Gasteiger partial charge is 0.361 e. The predicted octanol–water partition coefficient (Wildman–Crippen LogP) is 2.54. The van der Waals surface area contributed by atoms with Gasteiger partial charge in [-0.2, -0.15) is 0 Å². The van der Waals surface area contributed by atoms with E-state index in [0.717, 1.165) is 18.9 Å². The summed E-state index contributed by atoms with van der Waals surface area (Å²) in [7, 11) is 2.01. The fourth-order valence-corrected chi connectivity index (χ4v) is 1.96. The number of hydrogen-bond acceptors (Lipinski definition) is 2. The first-order valence-corrected chi connectivity index (χ1v) is 6.24. The third-order valence-electron chi connectivity index (χ3n) is 3.22. The summed E-state index contributed by atoms with van der Waals surface area (Å²) in [5, 5.41) is 3.31. The predicted molar refractivity (Wildman–Crippen MR) is 65.2 cm³/mol. The molecule has 16 heavy (non-hydrogen) atoms. The lowest BCUT2D eigenvalue weighted by Gasteiger charge is -2.11. The molecule has 2 rings (SSSR count). The van der Waals surface area contributed by atoms with Crippen molar-refractivity contribution in [2.45, 2.75) is 39.0 Å². The van der Waals surface area contributed by atoms with Gasteiger partial charge in [0, 0.05) is 18.4 Å². The van der Waals surface area contributed by atoms with E-state index < -0.39 is 0 Å². The minimum absolute atomic E-state index is 0.463. The second-order valence-corrected chi connectivity index (χ2v) is 4.65. The summed E-state index contributed by atoms with van der Waals surface area (Å²) in [5.41, 5.74) is 1.35. The van der Waals surface area contributed by atoms with Gasteiger partial charge in [0.15, 0.2) is 0 Å². The highest BCUT2D eigenvalue weighted by Crippen LogP contribution is 2.28. The number of nitrogens with zero attached hydrogens (tertiary/aromatic N) is 1. The molecule has 3 heteroatoms. The Bertz CT molecular complexity index is 313. The van der Waals surface area contributed by atoms with Crippen LogP contribution < -0.4 is 5.32 Å². The van der Waals surface area contributed by atoms with Gasteiger partial charge in [0.05, 0.1) is 6.61 Å². The van der Waals surface area contributed by atoms with Crippen molar-refractivity contribution in [3.05, 3.63) is 24.0 Å². The Kier molecular flexibility index (Phi) is 4.02. The van der Waals surface area contributed by atoms with Crippen molar-refractivity contribution >= 4 is 0 Å². The molecule has 0 saturated heterocycles. The van der Waals surface area contributed by atoms with E-state index in [-0.39, 0.29) is 0 Å². The highest BCUT2D eigenvalue weighted by Gasteiger charge is 2.21. The summed E-state index contributed by atoms with van der Waals surface area (Å²) < 4.78 is 7.77. The third kappa shape index (κ3) is 3.09. The molecule has 1 saturated carbocycles. The number of hydrogen-bond donors (Lipinski definition) is 1. The molecule has 1 atom stereocenters. The van der Waals surface area contributed by atoms with Gasteiger partial charge in [-0.25, -0.2) is 0 Å². The Morgan fingerprint density at radius 3 is 3.00 bits per heavy atom. The zero-order valence-corrected chi connectivity index (χ0v) is 10.3. The van der Waals surface area contributed by atoms with Gasteiger partial charge in [-0.15, -0.1) is 0 Å². The molecule has 0 aromatic carbocycles. The first kappa shape index (κ1) is 11.7. The molecule has 0 amide bonds. The van der Waals surface area contributed by atoms with Crippen molar-refractivity contribution in [2.75, 3.05) is 13.7 Å². The molecule has 1 N–H and O–H groups in total. The first-order valence-electron chi connectivity index (χ1n) is 6.24. The molecule has 1 heterocycles. The molecule has 1 aromatic heterocycles. The second kappa shape index (κ2) is 5.51. The average Bonchev–Trinajstić information content (AvgIpc) is 3.00. The Balaban J connectivity index is 1.80. The Morgan fingerprint density at radius 1 is 1.56 bits per heavy atom. The quantitative estimate of drug-likeness (QED) is 0.767. The van der Waals surface area contributed by atoms with E-state index in [2.05, 4.69) is 35.3 Å². The first-order chi connectivity index (χ1) is 7.83. The lowest BCUT2D eigenvalue weighted by atomic mass is 10.1. The molecule has 0 aliphatic heterocycles. The van der Waals surface area contributed by atoms with Crippen molar-refractivity contribution in [3.8, 4) is 0 Å². The highest BCUT2D eigenvalue weighted by atomic mass is 16.5. The van der Waals surface area contributed by atoms with Crippen LogP contribution in [0.3, 0.4) is 0 Å². The van der Waals surface area contributed by atoms with Crippen LogP contribution in [0.25, 0.3) is 0 Å². The van der Waals surface area contributed by atoms with Gasteiger partial charge in [0.25, 0.3) is 0 Å². The molecule has 1 aromatic rings. The molecular weight excluding hydrogens is 200 g/mol. The van der Waals surface area contributed by atoms with E-state index in [1.165, 1.54) is 18.4 Å². The van der Waals surface area contributed by atoms with Crippen LogP contribution >= 0.6 is 0 Å². The van der Waals surface area contributed by atoms with E-state index >= 15 is 0 Å². The zero-order valence-electron chi connectivity index (χ0n) is 10.3. The standard InChI is InChI=1S/C13H22N2O/c1-3-13(14-2)12-6-7-15(8-12)10-16-9-11-4-5-11/h6-8,11,13-14H,3-5,9-10H2,1-2H3. The minimum atomic E-state index is 0.463. The van der Waals surface area contributed by atoms with Crippen LogP contribution in [0.2, 0.25) is 0 Å². The van der Waals surface area contributed by atoms with Gasteiger partial charge in [-0.1, -0.05) is 6.92 Å². The fourth-order valence-electron chi connectivity index (χ4n) is 1.96. The van der Waals surface area contributed by atoms with Crippen molar-refractivity contribution in [1.29, 1.82) is 0 Å². The molecule has 1 fully saturated rings. The van der Waals surface area contributed by atoms with Crippen molar-refractivity contribution in [2.24, 2.45) is 5.92 Å². The molecule has 0 radical (unpaired) electrons. The van der Waals surface area contributed by atoms with Gasteiger partial charge in [-0.3, -0.25) is 0 Å². The van der Waals surface area contributed by atoms with Crippen LogP contribution in [0, 0.1) is 5.92 Å². The lowest BCUT2D eigenvalue weighted by molar-refractivity contribution is 0.0691. The maximum Gasteiger partial charge on any atom is 0.122 e.